The van der Waals surface area contributed by atoms with Gasteiger partial charge in [0.05, 0.1) is 0 Å². The molecule has 1 atom stereocenters. The first-order chi connectivity index (χ1) is 8.09. The Balaban J connectivity index is 2.20. The van der Waals surface area contributed by atoms with Gasteiger partial charge in [0.15, 0.2) is 0 Å². The largest absolute Gasteiger partial charge is 0.313 e. The maximum Gasteiger partial charge on any atom is 0.0271 e. The van der Waals surface area contributed by atoms with Gasteiger partial charge in [-0.05, 0) is 37.6 Å². The third-order valence-corrected chi connectivity index (χ3v) is 3.16. The molecule has 0 spiro atoms. The third-order valence-electron chi connectivity index (χ3n) is 3.16. The van der Waals surface area contributed by atoms with Crippen molar-refractivity contribution in [1.29, 1.82) is 0 Å². The predicted molar refractivity (Wildman–Crippen MR) is 72.9 cm³/mol. The Morgan fingerprint density at radius 2 is 1.88 bits per heavy atom. The van der Waals surface area contributed by atoms with Crippen molar-refractivity contribution in [3.8, 4) is 0 Å². The van der Waals surface area contributed by atoms with Crippen LogP contribution < -0.4 is 5.32 Å². The van der Waals surface area contributed by atoms with E-state index in [-0.39, 0.29) is 0 Å². The third kappa shape index (κ3) is 5.80. The molecule has 0 aliphatic carbocycles. The molecule has 0 saturated heterocycles. The zero-order valence-corrected chi connectivity index (χ0v) is 11.5. The van der Waals surface area contributed by atoms with Crippen LogP contribution in [0.15, 0.2) is 24.5 Å². The topological polar surface area (TPSA) is 28.2 Å². The van der Waals surface area contributed by atoms with E-state index in [1.165, 1.54) is 5.56 Å². The summed E-state index contributed by atoms with van der Waals surface area (Å²) >= 11 is 0. The summed E-state index contributed by atoms with van der Waals surface area (Å²) in [6.45, 7) is 9.84. The van der Waals surface area contributed by atoms with Crippen LogP contribution in [-0.4, -0.2) is 36.1 Å². The molecular weight excluding hydrogens is 210 g/mol. The van der Waals surface area contributed by atoms with E-state index in [2.05, 4.69) is 55.2 Å². The lowest BCUT2D eigenvalue weighted by Crippen LogP contribution is -2.36. The van der Waals surface area contributed by atoms with Crippen LogP contribution in [0.2, 0.25) is 0 Å². The predicted octanol–water partition coefficient (Wildman–Crippen LogP) is 2.15. The molecule has 0 amide bonds. The first kappa shape index (κ1) is 14.1. The van der Waals surface area contributed by atoms with Crippen molar-refractivity contribution in [2.75, 3.05) is 20.1 Å². The lowest BCUT2D eigenvalue weighted by Gasteiger charge is -2.21. The molecule has 0 bridgehead atoms. The van der Waals surface area contributed by atoms with Crippen molar-refractivity contribution >= 4 is 0 Å². The minimum Gasteiger partial charge on any atom is -0.313 e. The number of pyridine rings is 1. The lowest BCUT2D eigenvalue weighted by atomic mass is 10.1. The zero-order valence-electron chi connectivity index (χ0n) is 11.5. The molecule has 96 valence electrons. The summed E-state index contributed by atoms with van der Waals surface area (Å²) in [5.41, 5.74) is 1.32. The van der Waals surface area contributed by atoms with Gasteiger partial charge in [-0.15, -0.1) is 0 Å². The van der Waals surface area contributed by atoms with Crippen molar-refractivity contribution in [3.05, 3.63) is 30.1 Å². The molecule has 1 heterocycles. The average Bonchev–Trinajstić information content (AvgIpc) is 2.30. The van der Waals surface area contributed by atoms with Gasteiger partial charge in [0, 0.05) is 38.1 Å². The van der Waals surface area contributed by atoms with Crippen LogP contribution >= 0.6 is 0 Å². The first-order valence-corrected chi connectivity index (χ1v) is 6.40. The molecule has 1 aromatic heterocycles. The van der Waals surface area contributed by atoms with Crippen LogP contribution in [0.5, 0.6) is 0 Å². The van der Waals surface area contributed by atoms with Crippen LogP contribution in [0.3, 0.4) is 0 Å². The van der Waals surface area contributed by atoms with Gasteiger partial charge in [-0.2, -0.15) is 0 Å². The Kier molecular flexibility index (Phi) is 6.16. The van der Waals surface area contributed by atoms with E-state index in [0.717, 1.165) is 19.6 Å². The number of nitrogens with one attached hydrogen (secondary N) is 1. The second kappa shape index (κ2) is 7.41. The molecule has 0 saturated carbocycles. The summed E-state index contributed by atoms with van der Waals surface area (Å²) in [6.07, 6.45) is 3.70. The molecule has 1 N–H and O–H groups in total. The van der Waals surface area contributed by atoms with E-state index >= 15 is 0 Å². The number of rotatable bonds is 7. The van der Waals surface area contributed by atoms with E-state index < -0.39 is 0 Å². The van der Waals surface area contributed by atoms with Gasteiger partial charge in [0.1, 0.15) is 0 Å². The molecule has 0 aromatic carbocycles. The molecule has 1 rings (SSSR count). The average molecular weight is 235 g/mol. The first-order valence-electron chi connectivity index (χ1n) is 6.40. The van der Waals surface area contributed by atoms with Gasteiger partial charge < -0.3 is 10.2 Å². The minimum absolute atomic E-state index is 0.587. The van der Waals surface area contributed by atoms with Crippen molar-refractivity contribution in [1.82, 2.24) is 15.2 Å². The van der Waals surface area contributed by atoms with Crippen LogP contribution in [0, 0.1) is 5.92 Å². The second-order valence-corrected chi connectivity index (χ2v) is 5.08. The molecule has 0 aliphatic heterocycles. The van der Waals surface area contributed by atoms with E-state index in [9.17, 15) is 0 Å². The summed E-state index contributed by atoms with van der Waals surface area (Å²) in [5, 5.41) is 3.54. The van der Waals surface area contributed by atoms with Gasteiger partial charge in [-0.3, -0.25) is 4.98 Å². The summed E-state index contributed by atoms with van der Waals surface area (Å²) in [5.74, 6) is 0.695. The highest BCUT2D eigenvalue weighted by molar-refractivity contribution is 5.09. The Hall–Kier alpha value is -0.930. The molecule has 0 fully saturated rings. The Morgan fingerprint density at radius 1 is 1.24 bits per heavy atom. The molecule has 1 unspecified atom stereocenters. The van der Waals surface area contributed by atoms with Crippen molar-refractivity contribution in [3.63, 3.8) is 0 Å². The summed E-state index contributed by atoms with van der Waals surface area (Å²) in [6, 6.07) is 4.73. The van der Waals surface area contributed by atoms with E-state index in [1.807, 2.05) is 12.4 Å². The lowest BCUT2D eigenvalue weighted by molar-refractivity contribution is 0.308. The molecular formula is C14H25N3. The standard InChI is InChI=1S/C14H25N3/c1-12(2)13(3)16-9-10-17(4)11-14-5-7-15-8-6-14/h5-8,12-13,16H,9-11H2,1-4H3. The fraction of sp³-hybridized carbons (Fsp3) is 0.643. The van der Waals surface area contributed by atoms with E-state index in [4.69, 9.17) is 0 Å². The van der Waals surface area contributed by atoms with Crippen molar-refractivity contribution in [2.24, 2.45) is 5.92 Å². The van der Waals surface area contributed by atoms with Crippen LogP contribution in [0.25, 0.3) is 0 Å². The molecule has 3 nitrogen and oxygen atoms in total. The maximum atomic E-state index is 4.03. The minimum atomic E-state index is 0.587. The highest BCUT2D eigenvalue weighted by Crippen LogP contribution is 2.01. The Labute approximate surface area is 105 Å². The van der Waals surface area contributed by atoms with Gasteiger partial charge in [-0.25, -0.2) is 0 Å². The molecule has 17 heavy (non-hydrogen) atoms. The summed E-state index contributed by atoms with van der Waals surface area (Å²) < 4.78 is 0. The molecule has 0 radical (unpaired) electrons. The maximum absolute atomic E-state index is 4.03. The van der Waals surface area contributed by atoms with Crippen LogP contribution in [-0.2, 0) is 6.54 Å². The quantitative estimate of drug-likeness (QED) is 0.785. The fourth-order valence-corrected chi connectivity index (χ4v) is 1.60. The zero-order chi connectivity index (χ0) is 12.7. The van der Waals surface area contributed by atoms with Crippen molar-refractivity contribution < 1.29 is 0 Å². The summed E-state index contributed by atoms with van der Waals surface area (Å²) in [7, 11) is 2.15. The highest BCUT2D eigenvalue weighted by Gasteiger charge is 2.06. The Bertz CT molecular complexity index is 298. The highest BCUT2D eigenvalue weighted by atomic mass is 15.1. The van der Waals surface area contributed by atoms with Crippen LogP contribution in [0.4, 0.5) is 0 Å². The monoisotopic (exact) mass is 235 g/mol. The van der Waals surface area contributed by atoms with Gasteiger partial charge in [0.25, 0.3) is 0 Å². The molecule has 3 heteroatoms. The Morgan fingerprint density at radius 3 is 2.47 bits per heavy atom. The van der Waals surface area contributed by atoms with Crippen LogP contribution in [0.1, 0.15) is 26.3 Å². The van der Waals surface area contributed by atoms with Gasteiger partial charge in [-0.1, -0.05) is 13.8 Å². The normalized spacial score (nSPS) is 13.3. The fourth-order valence-electron chi connectivity index (χ4n) is 1.60. The van der Waals surface area contributed by atoms with Gasteiger partial charge >= 0.3 is 0 Å². The number of hydrogen-bond donors (Lipinski definition) is 1. The number of hydrogen-bond acceptors (Lipinski definition) is 3. The number of aromatic nitrogens is 1. The van der Waals surface area contributed by atoms with E-state index in [0.29, 0.717) is 12.0 Å². The second-order valence-electron chi connectivity index (χ2n) is 5.08. The smallest absolute Gasteiger partial charge is 0.0271 e. The van der Waals surface area contributed by atoms with E-state index in [1.54, 1.807) is 0 Å². The van der Waals surface area contributed by atoms with Gasteiger partial charge in [0.2, 0.25) is 0 Å². The molecule has 0 aliphatic rings. The SMILES string of the molecule is CC(C)C(C)NCCN(C)Cc1ccncc1. The summed E-state index contributed by atoms with van der Waals surface area (Å²) in [4.78, 5) is 6.36. The van der Waals surface area contributed by atoms with Crippen molar-refractivity contribution in [2.45, 2.75) is 33.4 Å². The number of nitrogens with zero attached hydrogens (tertiary/aromatic N) is 2. The number of likely N-dealkylation sites (N-methyl/N-ethyl adjacent to an activating group) is 1. The molecule has 1 aromatic rings.